The summed E-state index contributed by atoms with van der Waals surface area (Å²) < 4.78 is 0. The van der Waals surface area contributed by atoms with Crippen LogP contribution in [0.15, 0.2) is 40.6 Å². The van der Waals surface area contributed by atoms with E-state index in [1.54, 1.807) is 18.0 Å². The monoisotopic (exact) mass is 275 g/mol. The van der Waals surface area contributed by atoms with Gasteiger partial charge in [0.2, 0.25) is 0 Å². The molecule has 2 N–H and O–H groups in total. The van der Waals surface area contributed by atoms with Gasteiger partial charge in [0.15, 0.2) is 5.16 Å². The Bertz CT molecular complexity index is 506. The van der Waals surface area contributed by atoms with Gasteiger partial charge in [0.05, 0.1) is 0 Å². The summed E-state index contributed by atoms with van der Waals surface area (Å²) in [6, 6.07) is 6.61. The zero-order valence-electron chi connectivity index (χ0n) is 11.7. The van der Waals surface area contributed by atoms with Crippen LogP contribution in [0.4, 0.5) is 0 Å². The van der Waals surface area contributed by atoms with Crippen molar-refractivity contribution in [2.45, 2.75) is 37.4 Å². The maximum atomic E-state index is 4.24. The number of aromatic nitrogens is 2. The Morgan fingerprint density at radius 2 is 2.21 bits per heavy atom. The second-order valence-electron chi connectivity index (χ2n) is 5.12. The fourth-order valence-corrected chi connectivity index (χ4v) is 2.66. The minimum Gasteiger partial charge on any atom is -0.339 e. The molecular formula is C15H21N3S. The van der Waals surface area contributed by atoms with Crippen molar-refractivity contribution in [2.24, 2.45) is 5.92 Å². The summed E-state index contributed by atoms with van der Waals surface area (Å²) in [7, 11) is 0. The van der Waals surface area contributed by atoms with Crippen molar-refractivity contribution in [3.8, 4) is 0 Å². The van der Waals surface area contributed by atoms with Crippen molar-refractivity contribution in [2.75, 3.05) is 6.54 Å². The van der Waals surface area contributed by atoms with Gasteiger partial charge in [-0.05, 0) is 36.6 Å². The van der Waals surface area contributed by atoms with Gasteiger partial charge >= 0.3 is 0 Å². The number of nitrogens with zero attached hydrogens (tertiary/aromatic N) is 1. The third kappa shape index (κ3) is 4.40. The van der Waals surface area contributed by atoms with Crippen LogP contribution in [0.3, 0.4) is 0 Å². The number of hydrogen-bond acceptors (Lipinski definition) is 3. The quantitative estimate of drug-likeness (QED) is 0.846. The van der Waals surface area contributed by atoms with Crippen molar-refractivity contribution < 1.29 is 0 Å². The van der Waals surface area contributed by atoms with Crippen molar-refractivity contribution in [1.82, 2.24) is 15.3 Å². The van der Waals surface area contributed by atoms with E-state index in [9.17, 15) is 0 Å². The summed E-state index contributed by atoms with van der Waals surface area (Å²) in [5.41, 5.74) is 2.63. The first-order chi connectivity index (χ1) is 9.15. The molecule has 0 aliphatic carbocycles. The first-order valence-electron chi connectivity index (χ1n) is 6.62. The second kappa shape index (κ2) is 6.78. The smallest absolute Gasteiger partial charge is 0.170 e. The molecule has 0 fully saturated rings. The number of nitrogens with one attached hydrogen (secondary N) is 2. The molecule has 3 nitrogen and oxygen atoms in total. The zero-order valence-corrected chi connectivity index (χ0v) is 12.6. The third-order valence-corrected chi connectivity index (χ3v) is 3.90. The van der Waals surface area contributed by atoms with Crippen LogP contribution in [-0.4, -0.2) is 16.5 Å². The normalized spacial score (nSPS) is 11.2. The summed E-state index contributed by atoms with van der Waals surface area (Å²) in [4.78, 5) is 8.61. The topological polar surface area (TPSA) is 40.7 Å². The predicted octanol–water partition coefficient (Wildman–Crippen LogP) is 3.61. The van der Waals surface area contributed by atoms with E-state index in [1.807, 2.05) is 6.20 Å². The Hall–Kier alpha value is -1.26. The number of H-pyrrole nitrogens is 1. The number of hydrogen-bond donors (Lipinski definition) is 2. The fraction of sp³-hybridized carbons (Fsp3) is 0.400. The van der Waals surface area contributed by atoms with Gasteiger partial charge in [-0.3, -0.25) is 0 Å². The van der Waals surface area contributed by atoms with Gasteiger partial charge in [0, 0.05) is 23.8 Å². The maximum absolute atomic E-state index is 4.24. The molecule has 0 amide bonds. The van der Waals surface area contributed by atoms with Gasteiger partial charge in [-0.15, -0.1) is 0 Å². The molecule has 1 aromatic carbocycles. The predicted molar refractivity (Wildman–Crippen MR) is 80.4 cm³/mol. The fourth-order valence-electron chi connectivity index (χ4n) is 1.85. The molecule has 1 aromatic heterocycles. The molecule has 0 atom stereocenters. The molecule has 0 spiro atoms. The summed E-state index contributed by atoms with van der Waals surface area (Å²) in [5.74, 6) is 0.690. The Balaban J connectivity index is 1.97. The molecule has 2 aromatic rings. The van der Waals surface area contributed by atoms with Gasteiger partial charge in [0.25, 0.3) is 0 Å². The van der Waals surface area contributed by atoms with Crippen LogP contribution in [0.1, 0.15) is 25.0 Å². The maximum Gasteiger partial charge on any atom is 0.170 e. The molecule has 0 bridgehead atoms. The van der Waals surface area contributed by atoms with Crippen LogP contribution in [0.2, 0.25) is 0 Å². The Kier molecular flexibility index (Phi) is 5.05. The van der Waals surface area contributed by atoms with Crippen LogP contribution >= 0.6 is 11.8 Å². The molecule has 102 valence electrons. The Morgan fingerprint density at radius 1 is 1.37 bits per heavy atom. The van der Waals surface area contributed by atoms with Crippen LogP contribution in [0, 0.1) is 12.8 Å². The summed E-state index contributed by atoms with van der Waals surface area (Å²) in [5, 5.41) is 4.41. The Morgan fingerprint density at radius 3 is 2.84 bits per heavy atom. The van der Waals surface area contributed by atoms with Gasteiger partial charge in [-0.1, -0.05) is 37.7 Å². The molecule has 0 saturated carbocycles. The van der Waals surface area contributed by atoms with Gasteiger partial charge < -0.3 is 10.3 Å². The molecule has 0 aliphatic rings. The standard InChI is InChI=1S/C15H21N3S/c1-11(2)9-16-10-13-4-5-14(12(3)8-13)19-15-17-6-7-18-15/h4-8,11,16H,9-10H2,1-3H3,(H,17,18). The van der Waals surface area contributed by atoms with E-state index in [0.29, 0.717) is 5.92 Å². The Labute approximate surface area is 119 Å². The summed E-state index contributed by atoms with van der Waals surface area (Å²) in [6.45, 7) is 8.59. The molecule has 2 rings (SSSR count). The zero-order chi connectivity index (χ0) is 13.7. The first-order valence-corrected chi connectivity index (χ1v) is 7.44. The second-order valence-corrected chi connectivity index (χ2v) is 6.15. The van der Waals surface area contributed by atoms with E-state index in [4.69, 9.17) is 0 Å². The number of rotatable bonds is 6. The lowest BCUT2D eigenvalue weighted by atomic mass is 10.1. The molecule has 19 heavy (non-hydrogen) atoms. The highest BCUT2D eigenvalue weighted by atomic mass is 32.2. The van der Waals surface area contributed by atoms with Gasteiger partial charge in [0.1, 0.15) is 0 Å². The van der Waals surface area contributed by atoms with Gasteiger partial charge in [-0.2, -0.15) is 0 Å². The highest BCUT2D eigenvalue weighted by Crippen LogP contribution is 2.28. The van der Waals surface area contributed by atoms with E-state index in [0.717, 1.165) is 18.2 Å². The number of imidazole rings is 1. The van der Waals surface area contributed by atoms with Crippen molar-refractivity contribution >= 4 is 11.8 Å². The number of aryl methyl sites for hydroxylation is 1. The van der Waals surface area contributed by atoms with Crippen LogP contribution in [-0.2, 0) is 6.54 Å². The average Bonchev–Trinajstić information content (AvgIpc) is 2.85. The van der Waals surface area contributed by atoms with Crippen molar-refractivity contribution in [3.63, 3.8) is 0 Å². The summed E-state index contributed by atoms with van der Waals surface area (Å²) in [6.07, 6.45) is 3.63. The molecule has 1 heterocycles. The lowest BCUT2D eigenvalue weighted by Crippen LogP contribution is -2.18. The van der Waals surface area contributed by atoms with Crippen LogP contribution in [0.5, 0.6) is 0 Å². The molecule has 0 radical (unpaired) electrons. The first kappa shape index (κ1) is 14.2. The molecule has 0 unspecified atom stereocenters. The molecule has 4 heteroatoms. The minimum absolute atomic E-state index is 0.690. The summed E-state index contributed by atoms with van der Waals surface area (Å²) >= 11 is 1.67. The van der Waals surface area contributed by atoms with E-state index < -0.39 is 0 Å². The molecular weight excluding hydrogens is 254 g/mol. The SMILES string of the molecule is Cc1cc(CNCC(C)C)ccc1Sc1ncc[nH]1. The van der Waals surface area contributed by atoms with Gasteiger partial charge in [-0.25, -0.2) is 4.98 Å². The number of aromatic amines is 1. The highest BCUT2D eigenvalue weighted by Gasteiger charge is 2.04. The lowest BCUT2D eigenvalue weighted by molar-refractivity contribution is 0.552. The van der Waals surface area contributed by atoms with E-state index in [-0.39, 0.29) is 0 Å². The van der Waals surface area contributed by atoms with Crippen molar-refractivity contribution in [1.29, 1.82) is 0 Å². The van der Waals surface area contributed by atoms with E-state index in [1.165, 1.54) is 16.0 Å². The minimum atomic E-state index is 0.690. The number of benzene rings is 1. The van der Waals surface area contributed by atoms with Crippen LogP contribution < -0.4 is 5.32 Å². The molecule has 0 saturated heterocycles. The van der Waals surface area contributed by atoms with Crippen molar-refractivity contribution in [3.05, 3.63) is 41.7 Å². The van der Waals surface area contributed by atoms with Crippen LogP contribution in [0.25, 0.3) is 0 Å². The van der Waals surface area contributed by atoms with E-state index in [2.05, 4.69) is 54.3 Å². The third-order valence-electron chi connectivity index (χ3n) is 2.80. The lowest BCUT2D eigenvalue weighted by Gasteiger charge is -2.10. The molecule has 0 aliphatic heterocycles. The highest BCUT2D eigenvalue weighted by molar-refractivity contribution is 7.99. The largest absolute Gasteiger partial charge is 0.339 e. The van der Waals surface area contributed by atoms with E-state index >= 15 is 0 Å². The average molecular weight is 275 g/mol.